The maximum Gasteiger partial charge on any atom is 5.00 e. The molecular formula is C17H33NbO5. The van der Waals surface area contributed by atoms with E-state index in [1.165, 1.54) is 5.56 Å². The van der Waals surface area contributed by atoms with Crippen molar-refractivity contribution in [2.75, 3.05) is 33.0 Å². The topological polar surface area (TPSA) is 115 Å². The van der Waals surface area contributed by atoms with Crippen molar-refractivity contribution < 1.29 is 47.9 Å². The zero-order valence-electron chi connectivity index (χ0n) is 15.4. The van der Waals surface area contributed by atoms with Crippen LogP contribution in [0.3, 0.4) is 0 Å². The van der Waals surface area contributed by atoms with Crippen molar-refractivity contribution in [2.24, 2.45) is 0 Å². The molecule has 0 aromatic heterocycles. The maximum absolute atomic E-state index is 8.93. The minimum absolute atomic E-state index is 0. The van der Waals surface area contributed by atoms with Gasteiger partial charge in [-0.2, -0.15) is 0 Å². The third-order valence-corrected chi connectivity index (χ3v) is 0.940. The number of benzene rings is 1. The van der Waals surface area contributed by atoms with Gasteiger partial charge in [0.15, 0.2) is 0 Å². The first-order valence-electron chi connectivity index (χ1n) is 7.39. The monoisotopic (exact) mass is 410 g/mol. The summed E-state index contributed by atoms with van der Waals surface area (Å²) in [5.74, 6) is 0. The van der Waals surface area contributed by atoms with Crippen molar-refractivity contribution >= 4 is 0 Å². The predicted octanol–water partition coefficient (Wildman–Crippen LogP) is -1.17. The van der Waals surface area contributed by atoms with Crippen molar-refractivity contribution in [3.63, 3.8) is 0 Å². The van der Waals surface area contributed by atoms with E-state index in [9.17, 15) is 0 Å². The summed E-state index contributed by atoms with van der Waals surface area (Å²) >= 11 is 0. The van der Waals surface area contributed by atoms with Gasteiger partial charge in [-0.15, -0.1) is 33.0 Å². The summed E-state index contributed by atoms with van der Waals surface area (Å²) < 4.78 is 0. The largest absolute Gasteiger partial charge is 5.00 e. The van der Waals surface area contributed by atoms with E-state index in [0.29, 0.717) is 0 Å². The molecule has 0 amide bonds. The second kappa shape index (κ2) is 57.6. The minimum Gasteiger partial charge on any atom is -0.855 e. The zero-order chi connectivity index (χ0) is 18.6. The average Bonchev–Trinajstić information content (AvgIpc) is 2.44. The van der Waals surface area contributed by atoms with Crippen LogP contribution < -0.4 is 25.5 Å². The molecule has 0 bridgehead atoms. The van der Waals surface area contributed by atoms with Gasteiger partial charge in [-0.05, 0) is 6.92 Å². The Morgan fingerprint density at radius 1 is 0.565 bits per heavy atom. The van der Waals surface area contributed by atoms with Gasteiger partial charge in [0, 0.05) is 0 Å². The molecule has 6 heteroatoms. The molecule has 5 nitrogen and oxygen atoms in total. The summed E-state index contributed by atoms with van der Waals surface area (Å²) in [5, 5.41) is 44.7. The van der Waals surface area contributed by atoms with E-state index in [2.05, 4.69) is 19.1 Å². The van der Waals surface area contributed by atoms with Crippen LogP contribution in [-0.2, 0) is 22.4 Å². The Morgan fingerprint density at radius 2 is 0.739 bits per heavy atom. The number of rotatable bonds is 0. The Morgan fingerprint density at radius 3 is 0.826 bits per heavy atom. The Bertz CT molecular complexity index is 200. The molecule has 1 aromatic carbocycles. The minimum atomic E-state index is 0. The van der Waals surface area contributed by atoms with Crippen molar-refractivity contribution in [3.8, 4) is 0 Å². The van der Waals surface area contributed by atoms with Crippen LogP contribution >= 0.6 is 0 Å². The SMILES string of the molecule is CC[O-].CC[O-].CC[O-].CC[O-].CC[O-].Cc1ccccc1.[Nb+5]. The van der Waals surface area contributed by atoms with Gasteiger partial charge >= 0.3 is 22.4 Å². The molecule has 136 valence electrons. The van der Waals surface area contributed by atoms with Gasteiger partial charge in [0.05, 0.1) is 0 Å². The third kappa shape index (κ3) is 141. The molecule has 0 aliphatic heterocycles. The van der Waals surface area contributed by atoms with Crippen LogP contribution in [-0.4, -0.2) is 33.0 Å². The summed E-state index contributed by atoms with van der Waals surface area (Å²) in [6.45, 7) is 9.93. The van der Waals surface area contributed by atoms with Crippen molar-refractivity contribution in [1.29, 1.82) is 0 Å². The van der Waals surface area contributed by atoms with E-state index < -0.39 is 0 Å². The second-order valence-electron chi connectivity index (χ2n) is 3.10. The van der Waals surface area contributed by atoms with Crippen LogP contribution in [0.2, 0.25) is 0 Å². The quantitative estimate of drug-likeness (QED) is 0.500. The Hall–Kier alpha value is -0.240. The van der Waals surface area contributed by atoms with Crippen LogP contribution in [0.4, 0.5) is 0 Å². The van der Waals surface area contributed by atoms with E-state index in [0.717, 1.165) is 0 Å². The molecule has 0 saturated heterocycles. The molecule has 0 saturated carbocycles. The van der Waals surface area contributed by atoms with Gasteiger partial charge in [-0.3, -0.25) is 0 Å². The van der Waals surface area contributed by atoms with Crippen LogP contribution in [0.5, 0.6) is 0 Å². The van der Waals surface area contributed by atoms with Gasteiger partial charge in [0.2, 0.25) is 0 Å². The first-order chi connectivity index (χ1) is 10.5. The van der Waals surface area contributed by atoms with Gasteiger partial charge in [-0.1, -0.05) is 70.5 Å². The Kier molecular flexibility index (Phi) is 96.1. The number of hydrogen-bond acceptors (Lipinski definition) is 5. The Balaban J connectivity index is -0.0000000398. The summed E-state index contributed by atoms with van der Waals surface area (Å²) in [6.07, 6.45) is 0. The summed E-state index contributed by atoms with van der Waals surface area (Å²) in [4.78, 5) is 0. The van der Waals surface area contributed by atoms with Gasteiger partial charge < -0.3 is 25.5 Å². The van der Waals surface area contributed by atoms with Crippen molar-refractivity contribution in [2.45, 2.75) is 41.5 Å². The van der Waals surface area contributed by atoms with Crippen LogP contribution in [0.25, 0.3) is 0 Å². The molecule has 0 heterocycles. The average molecular weight is 410 g/mol. The maximum atomic E-state index is 8.93. The molecule has 1 rings (SSSR count). The summed E-state index contributed by atoms with van der Waals surface area (Å²) in [7, 11) is 0. The van der Waals surface area contributed by atoms with Crippen LogP contribution in [0.15, 0.2) is 30.3 Å². The van der Waals surface area contributed by atoms with Gasteiger partial charge in [0.25, 0.3) is 0 Å². The van der Waals surface area contributed by atoms with Gasteiger partial charge in [0.1, 0.15) is 0 Å². The molecule has 0 aliphatic rings. The van der Waals surface area contributed by atoms with Crippen LogP contribution in [0, 0.1) is 6.92 Å². The van der Waals surface area contributed by atoms with E-state index in [-0.39, 0.29) is 55.4 Å². The summed E-state index contributed by atoms with van der Waals surface area (Å²) in [5.41, 5.74) is 1.32. The number of hydrogen-bond donors (Lipinski definition) is 0. The van der Waals surface area contributed by atoms with E-state index in [1.807, 2.05) is 18.2 Å². The molecule has 0 N–H and O–H groups in total. The molecule has 0 spiro atoms. The van der Waals surface area contributed by atoms with E-state index in [1.54, 1.807) is 34.6 Å². The first-order valence-corrected chi connectivity index (χ1v) is 7.39. The molecule has 0 radical (unpaired) electrons. The van der Waals surface area contributed by atoms with Crippen molar-refractivity contribution in [1.82, 2.24) is 0 Å². The predicted molar refractivity (Wildman–Crippen MR) is 83.9 cm³/mol. The fourth-order valence-electron chi connectivity index (χ4n) is 0.534. The molecule has 0 fully saturated rings. The normalized spacial score (nSPS) is 6.57. The zero-order valence-corrected chi connectivity index (χ0v) is 17.6. The van der Waals surface area contributed by atoms with Gasteiger partial charge in [-0.25, -0.2) is 0 Å². The molecular weight excluding hydrogens is 377 g/mol. The third-order valence-electron chi connectivity index (χ3n) is 0.940. The van der Waals surface area contributed by atoms with E-state index in [4.69, 9.17) is 25.5 Å². The molecule has 0 unspecified atom stereocenters. The molecule has 0 atom stereocenters. The van der Waals surface area contributed by atoms with E-state index >= 15 is 0 Å². The fraction of sp³-hybridized carbons (Fsp3) is 0.647. The second-order valence-corrected chi connectivity index (χ2v) is 3.10. The molecule has 0 aliphatic carbocycles. The molecule has 1 aromatic rings. The standard InChI is InChI=1S/C7H8.5C2H5O.Nb/c1-7-5-3-2-4-6-7;5*1-2-3;/h2-6H,1H3;5*2H2,1H3;/q;5*-1;+5. The van der Waals surface area contributed by atoms with Crippen molar-refractivity contribution in [3.05, 3.63) is 35.9 Å². The smallest absolute Gasteiger partial charge is 0.855 e. The molecule has 23 heavy (non-hydrogen) atoms. The first kappa shape index (κ1) is 38.4. The number of aryl methyl sites for hydroxylation is 1. The van der Waals surface area contributed by atoms with Crippen LogP contribution in [0.1, 0.15) is 40.2 Å². The summed E-state index contributed by atoms with van der Waals surface area (Å²) in [6, 6.07) is 10.3. The fourth-order valence-corrected chi connectivity index (χ4v) is 0.534. The Labute approximate surface area is 158 Å².